The Labute approximate surface area is 87.5 Å². The average Bonchev–Trinajstić information content (AvgIpc) is 2.86. The van der Waals surface area contributed by atoms with Gasteiger partial charge in [0.25, 0.3) is 0 Å². The maximum Gasteiger partial charge on any atom is 0.137 e. The molecule has 2 heterocycles. The third kappa shape index (κ3) is 1.58. The number of fused-ring (bicyclic) bond motifs is 1. The van der Waals surface area contributed by atoms with Gasteiger partial charge in [-0.2, -0.15) is 5.10 Å². The van der Waals surface area contributed by atoms with E-state index in [0.717, 1.165) is 18.7 Å². The van der Waals surface area contributed by atoms with Crippen molar-refractivity contribution in [2.45, 2.75) is 19.1 Å². The monoisotopic (exact) mass is 201 g/mol. The van der Waals surface area contributed by atoms with E-state index in [2.05, 4.69) is 16.1 Å². The summed E-state index contributed by atoms with van der Waals surface area (Å²) in [4.78, 5) is 3.91. The number of hydrogen-bond donors (Lipinski definition) is 0. The number of para-hydroxylation sites is 1. The lowest BCUT2D eigenvalue weighted by molar-refractivity contribution is 0.203. The van der Waals surface area contributed by atoms with Gasteiger partial charge in [-0.05, 0) is 11.6 Å². The van der Waals surface area contributed by atoms with Crippen LogP contribution in [0.3, 0.4) is 0 Å². The van der Waals surface area contributed by atoms with Gasteiger partial charge in [-0.15, -0.1) is 0 Å². The zero-order chi connectivity index (χ0) is 10.1. The van der Waals surface area contributed by atoms with Crippen molar-refractivity contribution in [2.24, 2.45) is 0 Å². The molecule has 0 aliphatic carbocycles. The first-order chi connectivity index (χ1) is 7.42. The molecule has 4 nitrogen and oxygen atoms in total. The second-order valence-electron chi connectivity index (χ2n) is 3.67. The number of nitrogens with zero attached hydrogens (tertiary/aromatic N) is 3. The summed E-state index contributed by atoms with van der Waals surface area (Å²) in [6, 6.07) is 8.16. The van der Waals surface area contributed by atoms with Crippen LogP contribution in [0, 0.1) is 0 Å². The van der Waals surface area contributed by atoms with Crippen molar-refractivity contribution < 1.29 is 4.74 Å². The van der Waals surface area contributed by atoms with E-state index < -0.39 is 0 Å². The molecule has 1 aromatic carbocycles. The van der Waals surface area contributed by atoms with Crippen LogP contribution in [0.25, 0.3) is 0 Å². The standard InChI is InChI=1S/C11H11N3O/c1-2-4-11-9(3-1)5-10(15-11)6-14-8-12-7-13-14/h1-4,7-8,10H,5-6H2. The lowest BCUT2D eigenvalue weighted by atomic mass is 10.1. The van der Waals surface area contributed by atoms with Gasteiger partial charge < -0.3 is 4.74 Å². The maximum absolute atomic E-state index is 5.79. The molecular weight excluding hydrogens is 190 g/mol. The first kappa shape index (κ1) is 8.47. The zero-order valence-corrected chi connectivity index (χ0v) is 8.21. The molecule has 1 aliphatic rings. The molecule has 1 unspecified atom stereocenters. The molecule has 0 fully saturated rings. The summed E-state index contributed by atoms with van der Waals surface area (Å²) in [6.45, 7) is 0.759. The zero-order valence-electron chi connectivity index (χ0n) is 8.21. The molecule has 0 spiro atoms. The van der Waals surface area contributed by atoms with Gasteiger partial charge in [0, 0.05) is 6.42 Å². The average molecular weight is 201 g/mol. The minimum absolute atomic E-state index is 0.184. The van der Waals surface area contributed by atoms with Gasteiger partial charge in [-0.25, -0.2) is 9.67 Å². The molecule has 1 aliphatic heterocycles. The van der Waals surface area contributed by atoms with Gasteiger partial charge in [0.1, 0.15) is 24.5 Å². The van der Waals surface area contributed by atoms with Crippen LogP contribution in [0.4, 0.5) is 0 Å². The summed E-state index contributed by atoms with van der Waals surface area (Å²) in [5.74, 6) is 1.00. The minimum atomic E-state index is 0.184. The van der Waals surface area contributed by atoms with E-state index in [9.17, 15) is 0 Å². The first-order valence-corrected chi connectivity index (χ1v) is 4.99. The van der Waals surface area contributed by atoms with Gasteiger partial charge in [0.15, 0.2) is 0 Å². The number of ether oxygens (including phenoxy) is 1. The second-order valence-corrected chi connectivity index (χ2v) is 3.67. The van der Waals surface area contributed by atoms with Gasteiger partial charge >= 0.3 is 0 Å². The molecule has 0 saturated heterocycles. The summed E-state index contributed by atoms with van der Waals surface area (Å²) >= 11 is 0. The lowest BCUT2D eigenvalue weighted by Gasteiger charge is -2.09. The molecule has 0 radical (unpaired) electrons. The fraction of sp³-hybridized carbons (Fsp3) is 0.273. The Kier molecular flexibility index (Phi) is 1.91. The highest BCUT2D eigenvalue weighted by atomic mass is 16.5. The number of rotatable bonds is 2. The summed E-state index contributed by atoms with van der Waals surface area (Å²) in [7, 11) is 0. The molecule has 4 heteroatoms. The van der Waals surface area contributed by atoms with Crippen LogP contribution >= 0.6 is 0 Å². The Morgan fingerprint density at radius 3 is 3.13 bits per heavy atom. The molecule has 15 heavy (non-hydrogen) atoms. The number of benzene rings is 1. The minimum Gasteiger partial charge on any atom is -0.488 e. The third-order valence-electron chi connectivity index (χ3n) is 2.57. The Bertz CT molecular complexity index is 425. The van der Waals surface area contributed by atoms with Crippen LogP contribution in [0.1, 0.15) is 5.56 Å². The van der Waals surface area contributed by atoms with Crippen LogP contribution in [0.15, 0.2) is 36.9 Å². The molecule has 0 amide bonds. The van der Waals surface area contributed by atoms with E-state index in [1.807, 2.05) is 18.2 Å². The number of aromatic nitrogens is 3. The summed E-state index contributed by atoms with van der Waals surface area (Å²) < 4.78 is 7.59. The predicted molar refractivity (Wildman–Crippen MR) is 54.6 cm³/mol. The molecule has 0 bridgehead atoms. The molecule has 3 rings (SSSR count). The Morgan fingerprint density at radius 1 is 1.40 bits per heavy atom. The smallest absolute Gasteiger partial charge is 0.137 e. The Hall–Kier alpha value is -1.84. The van der Waals surface area contributed by atoms with Crippen molar-refractivity contribution >= 4 is 0 Å². The van der Waals surface area contributed by atoms with E-state index in [1.54, 1.807) is 17.3 Å². The largest absolute Gasteiger partial charge is 0.488 e. The molecule has 1 atom stereocenters. The van der Waals surface area contributed by atoms with Crippen LogP contribution in [-0.2, 0) is 13.0 Å². The predicted octanol–water partition coefficient (Wildman–Crippen LogP) is 1.28. The van der Waals surface area contributed by atoms with Crippen LogP contribution in [0.2, 0.25) is 0 Å². The van der Waals surface area contributed by atoms with Crippen LogP contribution in [0.5, 0.6) is 5.75 Å². The Morgan fingerprint density at radius 2 is 2.33 bits per heavy atom. The van der Waals surface area contributed by atoms with Crippen molar-refractivity contribution in [3.05, 3.63) is 42.5 Å². The first-order valence-electron chi connectivity index (χ1n) is 4.99. The van der Waals surface area contributed by atoms with Crippen LogP contribution < -0.4 is 4.74 Å². The van der Waals surface area contributed by atoms with E-state index in [1.165, 1.54) is 5.56 Å². The maximum atomic E-state index is 5.79. The van der Waals surface area contributed by atoms with Crippen molar-refractivity contribution in [2.75, 3.05) is 0 Å². The van der Waals surface area contributed by atoms with E-state index in [-0.39, 0.29) is 6.10 Å². The van der Waals surface area contributed by atoms with Gasteiger partial charge in [-0.1, -0.05) is 18.2 Å². The van der Waals surface area contributed by atoms with Crippen molar-refractivity contribution in [3.8, 4) is 5.75 Å². The molecule has 1 aromatic heterocycles. The van der Waals surface area contributed by atoms with Gasteiger partial charge in [0.05, 0.1) is 6.54 Å². The molecular formula is C11H11N3O. The molecule has 76 valence electrons. The normalized spacial score (nSPS) is 18.5. The summed E-state index contributed by atoms with van der Waals surface area (Å²) in [6.07, 6.45) is 4.40. The highest BCUT2D eigenvalue weighted by molar-refractivity contribution is 5.37. The second kappa shape index (κ2) is 3.38. The lowest BCUT2D eigenvalue weighted by Crippen LogP contribution is -2.20. The van der Waals surface area contributed by atoms with Crippen molar-refractivity contribution in [1.29, 1.82) is 0 Å². The molecule has 2 aromatic rings. The SMILES string of the molecule is c1ccc2c(c1)CC(Cn1cncn1)O2. The number of hydrogen-bond acceptors (Lipinski definition) is 3. The fourth-order valence-electron chi connectivity index (χ4n) is 1.89. The fourth-order valence-corrected chi connectivity index (χ4v) is 1.89. The molecule has 0 N–H and O–H groups in total. The van der Waals surface area contributed by atoms with Crippen molar-refractivity contribution in [1.82, 2.24) is 14.8 Å². The van der Waals surface area contributed by atoms with E-state index >= 15 is 0 Å². The third-order valence-corrected chi connectivity index (χ3v) is 2.57. The van der Waals surface area contributed by atoms with Crippen LogP contribution in [-0.4, -0.2) is 20.9 Å². The van der Waals surface area contributed by atoms with Gasteiger partial charge in [-0.3, -0.25) is 0 Å². The quantitative estimate of drug-likeness (QED) is 0.734. The summed E-state index contributed by atoms with van der Waals surface area (Å²) in [5, 5.41) is 4.07. The van der Waals surface area contributed by atoms with E-state index in [0.29, 0.717) is 0 Å². The van der Waals surface area contributed by atoms with E-state index in [4.69, 9.17) is 4.74 Å². The summed E-state index contributed by atoms with van der Waals surface area (Å²) in [5.41, 5.74) is 1.28. The topological polar surface area (TPSA) is 39.9 Å². The highest BCUT2D eigenvalue weighted by Gasteiger charge is 2.22. The van der Waals surface area contributed by atoms with Crippen molar-refractivity contribution in [3.63, 3.8) is 0 Å². The van der Waals surface area contributed by atoms with Gasteiger partial charge in [0.2, 0.25) is 0 Å². The highest BCUT2D eigenvalue weighted by Crippen LogP contribution is 2.28. The Balaban J connectivity index is 1.74. The molecule has 0 saturated carbocycles.